The predicted octanol–water partition coefficient (Wildman–Crippen LogP) is 3.85. The second-order valence-corrected chi connectivity index (χ2v) is 4.31. The molecule has 0 saturated carbocycles. The topological polar surface area (TPSA) is 24.4 Å². The van der Waals surface area contributed by atoms with Crippen LogP contribution in [-0.4, -0.2) is 6.21 Å². The minimum Gasteiger partial charge on any atom is -0.278 e. The van der Waals surface area contributed by atoms with Crippen LogP contribution < -0.4 is 5.43 Å². The van der Waals surface area contributed by atoms with E-state index in [-0.39, 0.29) is 0 Å². The number of nitrogens with zero attached hydrogens (tertiary/aromatic N) is 1. The Bertz CT molecular complexity index is 451. The highest BCUT2D eigenvalue weighted by Gasteiger charge is 1.90. The first-order valence-corrected chi connectivity index (χ1v) is 5.68. The van der Waals surface area contributed by atoms with Gasteiger partial charge in [-0.3, -0.25) is 5.43 Å². The molecular weight excluding hydrogens is 228 g/mol. The Labute approximate surface area is 97.2 Å². The molecule has 2 nitrogen and oxygen atoms in total. The van der Waals surface area contributed by atoms with Crippen molar-refractivity contribution in [2.24, 2.45) is 5.10 Å². The maximum atomic E-state index is 5.83. The highest BCUT2D eigenvalue weighted by atomic mass is 35.5. The summed E-state index contributed by atoms with van der Waals surface area (Å²) in [5.41, 5.74) is 3.80. The number of rotatable bonds is 3. The molecule has 1 N–H and O–H groups in total. The summed E-state index contributed by atoms with van der Waals surface area (Å²) in [7, 11) is 0. The molecule has 0 aliphatic carbocycles. The van der Waals surface area contributed by atoms with Crippen LogP contribution in [0.15, 0.2) is 46.9 Å². The van der Waals surface area contributed by atoms with E-state index in [0.717, 1.165) is 10.6 Å². The van der Waals surface area contributed by atoms with Crippen molar-refractivity contribution >= 4 is 34.8 Å². The number of benzene rings is 1. The molecule has 0 aliphatic heterocycles. The van der Waals surface area contributed by atoms with Crippen LogP contribution >= 0.6 is 22.9 Å². The lowest BCUT2D eigenvalue weighted by atomic mass is 10.3. The van der Waals surface area contributed by atoms with E-state index in [2.05, 4.69) is 10.5 Å². The zero-order valence-electron chi connectivity index (χ0n) is 7.85. The zero-order chi connectivity index (χ0) is 10.5. The molecule has 0 spiro atoms. The van der Waals surface area contributed by atoms with Gasteiger partial charge in [0.05, 0.1) is 11.9 Å². The lowest BCUT2D eigenvalue weighted by Crippen LogP contribution is -1.88. The standard InChI is InChI=1S/C11H9ClN2S/c12-9-3-1-4-10(7-9)14-13-8-11-5-2-6-15-11/h1-8,14H. The number of hydrazone groups is 1. The van der Waals surface area contributed by atoms with E-state index >= 15 is 0 Å². The second-order valence-electron chi connectivity index (χ2n) is 2.90. The molecule has 4 heteroatoms. The fraction of sp³-hybridized carbons (Fsp3) is 0. The summed E-state index contributed by atoms with van der Waals surface area (Å²) in [6, 6.07) is 11.4. The van der Waals surface area contributed by atoms with Crippen molar-refractivity contribution in [2.45, 2.75) is 0 Å². The largest absolute Gasteiger partial charge is 0.278 e. The van der Waals surface area contributed by atoms with Crippen LogP contribution in [0.25, 0.3) is 0 Å². The molecule has 0 amide bonds. The molecule has 76 valence electrons. The average molecular weight is 237 g/mol. The molecule has 0 aliphatic rings. The fourth-order valence-corrected chi connectivity index (χ4v) is 1.87. The molecule has 15 heavy (non-hydrogen) atoms. The van der Waals surface area contributed by atoms with Gasteiger partial charge in [0, 0.05) is 9.90 Å². The SMILES string of the molecule is Clc1cccc(NN=Cc2cccs2)c1. The minimum absolute atomic E-state index is 0.700. The van der Waals surface area contributed by atoms with Crippen LogP contribution in [0.2, 0.25) is 5.02 Å². The molecule has 2 aromatic rings. The van der Waals surface area contributed by atoms with Gasteiger partial charge in [-0.25, -0.2) is 0 Å². The highest BCUT2D eigenvalue weighted by Crippen LogP contribution is 2.14. The lowest BCUT2D eigenvalue weighted by molar-refractivity contribution is 1.35. The summed E-state index contributed by atoms with van der Waals surface area (Å²) in [4.78, 5) is 1.12. The van der Waals surface area contributed by atoms with Crippen LogP contribution in [-0.2, 0) is 0 Å². The fourth-order valence-electron chi connectivity index (χ4n) is 1.09. The van der Waals surface area contributed by atoms with Crippen molar-refractivity contribution in [3.8, 4) is 0 Å². The first-order chi connectivity index (χ1) is 7.34. The van der Waals surface area contributed by atoms with Gasteiger partial charge in [0.1, 0.15) is 0 Å². The Balaban J connectivity index is 1.99. The molecular formula is C11H9ClN2S. The zero-order valence-corrected chi connectivity index (χ0v) is 9.42. The molecule has 1 aromatic heterocycles. The summed E-state index contributed by atoms with van der Waals surface area (Å²) in [6.07, 6.45) is 1.78. The van der Waals surface area contributed by atoms with Gasteiger partial charge in [-0.05, 0) is 29.6 Å². The Morgan fingerprint density at radius 3 is 2.93 bits per heavy atom. The Hall–Kier alpha value is -1.32. The summed E-state index contributed by atoms with van der Waals surface area (Å²) in [5.74, 6) is 0. The normalized spacial score (nSPS) is 10.7. The monoisotopic (exact) mass is 236 g/mol. The van der Waals surface area contributed by atoms with E-state index in [0.29, 0.717) is 5.02 Å². The third kappa shape index (κ3) is 3.08. The molecule has 0 saturated heterocycles. The van der Waals surface area contributed by atoms with Gasteiger partial charge in [0.15, 0.2) is 0 Å². The quantitative estimate of drug-likeness (QED) is 0.635. The van der Waals surface area contributed by atoms with E-state index in [1.54, 1.807) is 17.6 Å². The molecule has 0 fully saturated rings. The Morgan fingerprint density at radius 1 is 1.27 bits per heavy atom. The van der Waals surface area contributed by atoms with Crippen molar-refractivity contribution < 1.29 is 0 Å². The Morgan fingerprint density at radius 2 is 2.20 bits per heavy atom. The van der Waals surface area contributed by atoms with Crippen molar-refractivity contribution in [2.75, 3.05) is 5.43 Å². The Kier molecular flexibility index (Phi) is 3.37. The van der Waals surface area contributed by atoms with E-state index in [1.165, 1.54) is 0 Å². The van der Waals surface area contributed by atoms with Gasteiger partial charge in [0.2, 0.25) is 0 Å². The molecule has 0 unspecified atom stereocenters. The molecule has 0 atom stereocenters. The smallest absolute Gasteiger partial charge is 0.0644 e. The second kappa shape index (κ2) is 4.96. The number of nitrogens with one attached hydrogen (secondary N) is 1. The molecule has 1 aromatic carbocycles. The van der Waals surface area contributed by atoms with E-state index in [9.17, 15) is 0 Å². The van der Waals surface area contributed by atoms with Crippen molar-refractivity contribution in [1.29, 1.82) is 0 Å². The van der Waals surface area contributed by atoms with Gasteiger partial charge >= 0.3 is 0 Å². The van der Waals surface area contributed by atoms with Gasteiger partial charge in [0.25, 0.3) is 0 Å². The maximum absolute atomic E-state index is 5.83. The van der Waals surface area contributed by atoms with Crippen LogP contribution in [0.3, 0.4) is 0 Å². The molecule has 2 rings (SSSR count). The van der Waals surface area contributed by atoms with Gasteiger partial charge in [-0.15, -0.1) is 11.3 Å². The van der Waals surface area contributed by atoms with E-state index in [4.69, 9.17) is 11.6 Å². The maximum Gasteiger partial charge on any atom is 0.0644 e. The summed E-state index contributed by atoms with van der Waals surface area (Å²) in [6.45, 7) is 0. The van der Waals surface area contributed by atoms with Crippen LogP contribution in [0, 0.1) is 0 Å². The van der Waals surface area contributed by atoms with Crippen molar-refractivity contribution in [1.82, 2.24) is 0 Å². The number of thiophene rings is 1. The molecule has 0 bridgehead atoms. The number of anilines is 1. The number of halogens is 1. The predicted molar refractivity (Wildman–Crippen MR) is 67.0 cm³/mol. The molecule has 1 heterocycles. The van der Waals surface area contributed by atoms with Gasteiger partial charge in [-0.2, -0.15) is 5.10 Å². The van der Waals surface area contributed by atoms with Crippen LogP contribution in [0.4, 0.5) is 5.69 Å². The number of hydrogen-bond acceptors (Lipinski definition) is 3. The van der Waals surface area contributed by atoms with Crippen molar-refractivity contribution in [3.63, 3.8) is 0 Å². The highest BCUT2D eigenvalue weighted by molar-refractivity contribution is 7.11. The molecule has 0 radical (unpaired) electrons. The summed E-state index contributed by atoms with van der Waals surface area (Å²) >= 11 is 7.48. The summed E-state index contributed by atoms with van der Waals surface area (Å²) < 4.78 is 0. The van der Waals surface area contributed by atoms with Crippen molar-refractivity contribution in [3.05, 3.63) is 51.7 Å². The van der Waals surface area contributed by atoms with Gasteiger partial charge < -0.3 is 0 Å². The van der Waals surface area contributed by atoms with Crippen LogP contribution in [0.1, 0.15) is 4.88 Å². The first kappa shape index (κ1) is 10.2. The van der Waals surface area contributed by atoms with E-state index < -0.39 is 0 Å². The van der Waals surface area contributed by atoms with E-state index in [1.807, 2.05) is 41.8 Å². The number of hydrogen-bond donors (Lipinski definition) is 1. The third-order valence-corrected chi connectivity index (χ3v) is 2.80. The average Bonchev–Trinajstić information content (AvgIpc) is 2.71. The van der Waals surface area contributed by atoms with Gasteiger partial charge in [-0.1, -0.05) is 23.7 Å². The van der Waals surface area contributed by atoms with Crippen LogP contribution in [0.5, 0.6) is 0 Å². The minimum atomic E-state index is 0.700. The first-order valence-electron chi connectivity index (χ1n) is 4.43. The summed E-state index contributed by atoms with van der Waals surface area (Å²) in [5, 5.41) is 6.82. The lowest BCUT2D eigenvalue weighted by Gasteiger charge is -1.98. The third-order valence-electron chi connectivity index (χ3n) is 1.75.